The van der Waals surface area contributed by atoms with Crippen molar-refractivity contribution in [2.45, 2.75) is 281 Å². The number of hydrogen-bond donors (Lipinski definition) is 0. The van der Waals surface area contributed by atoms with E-state index in [1.54, 1.807) is 0 Å². The molecule has 10 aromatic carbocycles. The summed E-state index contributed by atoms with van der Waals surface area (Å²) in [7, 11) is 0. The number of aromatic nitrogens is 3. The second-order valence-electron chi connectivity index (χ2n) is 32.7. The lowest BCUT2D eigenvalue weighted by atomic mass is 9.66. The first-order chi connectivity index (χ1) is 53.3. The van der Waals surface area contributed by atoms with Gasteiger partial charge in [-0.15, -0.1) is 0 Å². The highest BCUT2D eigenvalue weighted by molar-refractivity contribution is 5.92. The molecule has 11 aromatic rings. The van der Waals surface area contributed by atoms with Crippen LogP contribution in [0.5, 0.6) is 0 Å². The van der Waals surface area contributed by atoms with E-state index in [-0.39, 0.29) is 0 Å². The van der Waals surface area contributed by atoms with Crippen LogP contribution in [0.3, 0.4) is 0 Å². The molecule has 0 atom stereocenters. The highest BCUT2D eigenvalue weighted by atomic mass is 15.0. The lowest BCUT2D eigenvalue weighted by Crippen LogP contribution is -2.29. The van der Waals surface area contributed by atoms with Crippen LogP contribution in [-0.4, -0.2) is 15.0 Å². The molecule has 109 heavy (non-hydrogen) atoms. The van der Waals surface area contributed by atoms with Gasteiger partial charge in [-0.2, -0.15) is 0 Å². The Balaban J connectivity index is 0.900. The van der Waals surface area contributed by atoms with Gasteiger partial charge in [0.1, 0.15) is 0 Å². The van der Waals surface area contributed by atoms with Gasteiger partial charge in [0.25, 0.3) is 0 Å². The van der Waals surface area contributed by atoms with Crippen molar-refractivity contribution >= 4 is 0 Å². The average Bonchev–Trinajstić information content (AvgIpc) is 1.54. The number of unbranched alkanes of at least 4 members (excludes halogenated alkanes) is 21. The van der Waals surface area contributed by atoms with E-state index in [1.807, 2.05) is 0 Å². The minimum atomic E-state index is -0.609. The summed E-state index contributed by atoms with van der Waals surface area (Å²) in [5, 5.41) is 0. The van der Waals surface area contributed by atoms with Gasteiger partial charge >= 0.3 is 0 Å². The molecule has 0 fully saturated rings. The zero-order chi connectivity index (χ0) is 76.1. The van der Waals surface area contributed by atoms with Crippen LogP contribution < -0.4 is 0 Å². The predicted molar refractivity (Wildman–Crippen MR) is 471 cm³/mol. The van der Waals surface area contributed by atoms with Gasteiger partial charge in [-0.3, -0.25) is 0 Å². The van der Waals surface area contributed by atoms with Gasteiger partial charge in [0.05, 0.1) is 5.41 Å². The van der Waals surface area contributed by atoms with Crippen LogP contribution in [0.15, 0.2) is 194 Å². The maximum atomic E-state index is 5.22. The lowest BCUT2D eigenvalue weighted by Gasteiger charge is -2.35. The van der Waals surface area contributed by atoms with E-state index in [9.17, 15) is 0 Å². The Morgan fingerprint density at radius 2 is 0.541 bits per heavy atom. The maximum Gasteiger partial charge on any atom is 0.164 e. The van der Waals surface area contributed by atoms with Gasteiger partial charge in [-0.1, -0.05) is 357 Å². The van der Waals surface area contributed by atoms with Crippen LogP contribution >= 0.6 is 0 Å². The number of hydrogen-bond acceptors (Lipinski definition) is 3. The molecule has 12 rings (SSSR count). The standard InChI is InChI=1S/C106H127N3/c1-12-17-22-27-28-29-30-31-32-35-40-81-45-53-86(54-46-81)104-107-103(85-51-43-75(6)44-52-85)108-105(109-104)87-57-55-84(56-58-87)92-68-77(8)101(78(9)69-92)90-59-65-96-97-66-60-91(102-79(10)70-93(71-80(102)11)98-72-88(41-36-25-20-15-4)76(7)67-89(98)42-37-26-21-16-5)74-100(97)106(99(96)73-90,94-61-47-82(48-62-94)38-33-23-18-13-2)95-63-49-83(50-64-95)39-34-24-19-14-3/h43-74H,12-42H2,1-11H3. The molecule has 1 aromatic heterocycles. The Kier molecular flexibility index (Phi) is 28.7. The van der Waals surface area contributed by atoms with Crippen LogP contribution in [0, 0.1) is 41.5 Å². The molecule has 0 spiro atoms. The van der Waals surface area contributed by atoms with Crippen molar-refractivity contribution < 1.29 is 0 Å². The first-order valence-corrected chi connectivity index (χ1v) is 43.2. The first kappa shape index (κ1) is 79.8. The molecular formula is C106H127N3. The summed E-state index contributed by atoms with van der Waals surface area (Å²) in [4.78, 5) is 15.5. The Morgan fingerprint density at radius 3 is 0.945 bits per heavy atom. The minimum absolute atomic E-state index is 0.609. The first-order valence-electron chi connectivity index (χ1n) is 43.2. The highest BCUT2D eigenvalue weighted by Crippen LogP contribution is 2.58. The summed E-state index contributed by atoms with van der Waals surface area (Å²) >= 11 is 0. The van der Waals surface area contributed by atoms with E-state index in [2.05, 4.69) is 270 Å². The molecule has 1 aliphatic rings. The summed E-state index contributed by atoms with van der Waals surface area (Å²) in [5.74, 6) is 2.05. The fourth-order valence-corrected chi connectivity index (χ4v) is 17.9. The van der Waals surface area contributed by atoms with Crippen molar-refractivity contribution in [3.05, 3.63) is 278 Å². The third-order valence-electron chi connectivity index (χ3n) is 24.1. The van der Waals surface area contributed by atoms with Gasteiger partial charge in [0, 0.05) is 16.7 Å². The monoisotopic (exact) mass is 1440 g/mol. The molecule has 0 saturated heterocycles. The third-order valence-corrected chi connectivity index (χ3v) is 24.1. The zero-order valence-electron chi connectivity index (χ0n) is 68.7. The van der Waals surface area contributed by atoms with Crippen LogP contribution in [0.25, 0.3) is 89.8 Å². The van der Waals surface area contributed by atoms with Gasteiger partial charge < -0.3 is 0 Å². The second-order valence-corrected chi connectivity index (χ2v) is 32.7. The molecule has 0 unspecified atom stereocenters. The number of benzene rings is 10. The normalized spacial score (nSPS) is 12.3. The summed E-state index contributed by atoms with van der Waals surface area (Å²) < 4.78 is 0. The van der Waals surface area contributed by atoms with Crippen molar-refractivity contribution in [3.8, 4) is 89.8 Å². The highest BCUT2D eigenvalue weighted by Gasteiger charge is 2.47. The van der Waals surface area contributed by atoms with E-state index in [1.165, 1.54) is 300 Å². The predicted octanol–water partition coefficient (Wildman–Crippen LogP) is 30.7. The molecule has 1 aliphatic carbocycles. The van der Waals surface area contributed by atoms with Gasteiger partial charge in [-0.05, 0) is 251 Å². The van der Waals surface area contributed by atoms with Crippen molar-refractivity contribution in [2.75, 3.05) is 0 Å². The van der Waals surface area contributed by atoms with Crippen molar-refractivity contribution in [2.24, 2.45) is 0 Å². The van der Waals surface area contributed by atoms with Crippen molar-refractivity contribution in [1.82, 2.24) is 15.0 Å². The molecule has 0 radical (unpaired) electrons. The molecule has 0 aliphatic heterocycles. The lowest BCUT2D eigenvalue weighted by molar-refractivity contribution is 0.556. The van der Waals surface area contributed by atoms with Crippen LogP contribution in [-0.2, 0) is 37.5 Å². The SMILES string of the molecule is CCCCCCCCCCCCc1ccc(-c2nc(-c3ccc(C)cc3)nc(-c3ccc(-c4cc(C)c(-c5ccc6c(c5)C(c5ccc(CCCCCC)cc5)(c5ccc(CCCCCC)cc5)c5cc(-c7c(C)cc(-c8cc(CCCCCC)c(C)cc8CCCCCC)cc7C)ccc5-6)c(C)c4)cc3)n2)cc1. The summed E-state index contributed by atoms with van der Waals surface area (Å²) in [6.07, 6.45) is 39.2. The van der Waals surface area contributed by atoms with Crippen LogP contribution in [0.1, 0.15) is 285 Å². The number of fused-ring (bicyclic) bond motifs is 3. The maximum absolute atomic E-state index is 5.22. The molecule has 0 saturated carbocycles. The average molecular weight is 1440 g/mol. The van der Waals surface area contributed by atoms with Crippen LogP contribution in [0.2, 0.25) is 0 Å². The van der Waals surface area contributed by atoms with Crippen molar-refractivity contribution in [1.29, 1.82) is 0 Å². The molecule has 566 valence electrons. The second kappa shape index (κ2) is 39.2. The molecule has 1 heterocycles. The van der Waals surface area contributed by atoms with E-state index in [0.717, 1.165) is 54.4 Å². The van der Waals surface area contributed by atoms with Gasteiger partial charge in [0.2, 0.25) is 0 Å². The number of aryl methyl sites for hydroxylation is 11. The van der Waals surface area contributed by atoms with E-state index in [4.69, 9.17) is 15.0 Å². The summed E-state index contributed by atoms with van der Waals surface area (Å²) in [6.45, 7) is 25.5. The summed E-state index contributed by atoms with van der Waals surface area (Å²) in [6, 6.07) is 76.4. The smallest absolute Gasteiger partial charge is 0.164 e. The zero-order valence-corrected chi connectivity index (χ0v) is 68.7. The minimum Gasteiger partial charge on any atom is -0.208 e. The Morgan fingerprint density at radius 1 is 0.229 bits per heavy atom. The Hall–Kier alpha value is -8.79. The van der Waals surface area contributed by atoms with E-state index >= 15 is 0 Å². The largest absolute Gasteiger partial charge is 0.208 e. The van der Waals surface area contributed by atoms with E-state index in [0.29, 0.717) is 17.5 Å². The molecule has 0 N–H and O–H groups in total. The van der Waals surface area contributed by atoms with Gasteiger partial charge in [0.15, 0.2) is 17.5 Å². The number of rotatable bonds is 40. The van der Waals surface area contributed by atoms with Gasteiger partial charge in [-0.25, -0.2) is 15.0 Å². The molecule has 3 nitrogen and oxygen atoms in total. The molecule has 0 amide bonds. The fraction of sp³-hybridized carbons (Fsp3) is 0.406. The molecule has 0 bridgehead atoms. The summed E-state index contributed by atoms with van der Waals surface area (Å²) in [5.41, 5.74) is 35.8. The number of nitrogens with zero attached hydrogens (tertiary/aromatic N) is 3. The topological polar surface area (TPSA) is 38.7 Å². The quantitative estimate of drug-likeness (QED) is 0.0359. The Bertz CT molecular complexity index is 4640. The Labute approximate surface area is 658 Å². The molecular weight excluding hydrogens is 1320 g/mol. The van der Waals surface area contributed by atoms with Crippen molar-refractivity contribution in [3.63, 3.8) is 0 Å². The third kappa shape index (κ3) is 19.5. The van der Waals surface area contributed by atoms with Crippen LogP contribution in [0.4, 0.5) is 0 Å². The fourth-order valence-electron chi connectivity index (χ4n) is 17.9. The molecule has 3 heteroatoms. The van der Waals surface area contributed by atoms with E-state index < -0.39 is 5.41 Å².